The molecule has 0 aromatic rings. The van der Waals surface area contributed by atoms with Gasteiger partial charge < -0.3 is 15.3 Å². The maximum atomic E-state index is 13.1. The van der Waals surface area contributed by atoms with Crippen LogP contribution in [0.15, 0.2) is 0 Å². The van der Waals surface area contributed by atoms with E-state index in [4.69, 9.17) is 0 Å². The topological polar surface area (TPSA) is 90.0 Å². The number of aliphatic hydroxyl groups excluding tert-OH is 1. The number of aliphatic hydroxyl groups is 1. The number of sulfonamides is 1. The van der Waals surface area contributed by atoms with Crippen LogP contribution in [0.3, 0.4) is 0 Å². The molecule has 176 valence electrons. The molecule has 6 fully saturated rings. The molecule has 0 spiro atoms. The number of carbonyl (C=O) groups is 1. The Morgan fingerprint density at radius 1 is 0.903 bits per heavy atom. The highest BCUT2D eigenvalue weighted by Gasteiger charge is 2.52. The lowest BCUT2D eigenvalue weighted by Gasteiger charge is -2.57. The fourth-order valence-electron chi connectivity index (χ4n) is 7.54. The molecule has 0 unspecified atom stereocenters. The van der Waals surface area contributed by atoms with Crippen molar-refractivity contribution in [3.05, 3.63) is 0 Å². The number of likely N-dealkylation sites (tertiary alicyclic amines) is 1. The van der Waals surface area contributed by atoms with Crippen LogP contribution in [0.4, 0.5) is 0 Å². The van der Waals surface area contributed by atoms with E-state index in [1.54, 1.807) is 4.31 Å². The Hall–Kier alpha value is -0.700. The van der Waals surface area contributed by atoms with E-state index in [2.05, 4.69) is 10.2 Å². The average Bonchev–Trinajstić information content (AvgIpc) is 2.72. The molecule has 1 amide bonds. The predicted octanol–water partition coefficient (Wildman–Crippen LogP) is 1.57. The lowest BCUT2D eigenvalue weighted by Crippen LogP contribution is -2.61. The Balaban J connectivity index is 1.09. The Bertz CT molecular complexity index is 734. The monoisotopic (exact) mass is 453 g/mol. The molecule has 4 bridgehead atoms. The highest BCUT2D eigenvalue weighted by Crippen LogP contribution is 2.55. The van der Waals surface area contributed by atoms with Crippen LogP contribution in [0.25, 0.3) is 0 Å². The largest absolute Gasteiger partial charge is 0.393 e. The quantitative estimate of drug-likeness (QED) is 0.637. The summed E-state index contributed by atoms with van der Waals surface area (Å²) >= 11 is 0. The van der Waals surface area contributed by atoms with Gasteiger partial charge in [-0.25, -0.2) is 12.7 Å². The number of amides is 1. The van der Waals surface area contributed by atoms with Crippen LogP contribution in [0.2, 0.25) is 0 Å². The first-order valence-electron chi connectivity index (χ1n) is 12.5. The van der Waals surface area contributed by atoms with Crippen molar-refractivity contribution >= 4 is 15.9 Å². The van der Waals surface area contributed by atoms with Gasteiger partial charge in [-0.15, -0.1) is 0 Å². The van der Waals surface area contributed by atoms with E-state index >= 15 is 0 Å². The second kappa shape index (κ2) is 8.58. The third-order valence-electron chi connectivity index (χ3n) is 8.87. The summed E-state index contributed by atoms with van der Waals surface area (Å²) in [6.45, 7) is 2.98. The third-order valence-corrected chi connectivity index (χ3v) is 10.7. The molecule has 0 aromatic heterocycles. The van der Waals surface area contributed by atoms with E-state index in [1.807, 2.05) is 0 Å². The molecule has 7 nitrogen and oxygen atoms in total. The SMILES string of the molecule is O=C(NC12CC3CC(CC(C3)C1)C2)C1CCN(S(=O)(=O)CCN2CCC(O)CC2)CC1. The number of carbonyl (C=O) groups excluding carboxylic acids is 1. The molecule has 2 saturated heterocycles. The van der Waals surface area contributed by atoms with Gasteiger partial charge in [-0.05, 0) is 82.0 Å². The van der Waals surface area contributed by atoms with Crippen LogP contribution >= 0.6 is 0 Å². The summed E-state index contributed by atoms with van der Waals surface area (Å²) in [6, 6.07) is 0. The first kappa shape index (κ1) is 22.1. The molecule has 2 N–H and O–H groups in total. The molecule has 2 aliphatic heterocycles. The normalized spacial score (nSPS) is 37.9. The Kier molecular flexibility index (Phi) is 6.12. The van der Waals surface area contributed by atoms with Gasteiger partial charge in [-0.3, -0.25) is 4.79 Å². The number of piperidine rings is 2. The maximum Gasteiger partial charge on any atom is 0.223 e. The fraction of sp³-hybridized carbons (Fsp3) is 0.957. The predicted molar refractivity (Wildman–Crippen MR) is 119 cm³/mol. The smallest absolute Gasteiger partial charge is 0.223 e. The molecule has 0 aromatic carbocycles. The Labute approximate surface area is 187 Å². The second-order valence-electron chi connectivity index (χ2n) is 11.2. The lowest BCUT2D eigenvalue weighted by atomic mass is 9.53. The van der Waals surface area contributed by atoms with Gasteiger partial charge in [0.25, 0.3) is 0 Å². The molecule has 4 aliphatic carbocycles. The van der Waals surface area contributed by atoms with Crippen LogP contribution in [-0.2, 0) is 14.8 Å². The number of hydrogen-bond acceptors (Lipinski definition) is 5. The standard InChI is InChI=1S/C23H39N3O4S/c27-21-3-5-25(6-4-21)9-10-31(29,30)26-7-1-20(2-8-26)22(28)24-23-14-17-11-18(15-23)13-19(12-17)16-23/h17-21,27H,1-16H2,(H,24,28). The number of nitrogens with one attached hydrogen (secondary N) is 1. The Morgan fingerprint density at radius 3 is 2.00 bits per heavy atom. The van der Waals surface area contributed by atoms with Crippen LogP contribution < -0.4 is 5.32 Å². The highest BCUT2D eigenvalue weighted by atomic mass is 32.2. The molecule has 31 heavy (non-hydrogen) atoms. The fourth-order valence-corrected chi connectivity index (χ4v) is 9.05. The zero-order valence-electron chi connectivity index (χ0n) is 18.7. The van der Waals surface area contributed by atoms with E-state index in [0.717, 1.165) is 62.9 Å². The molecular weight excluding hydrogens is 414 g/mol. The highest BCUT2D eigenvalue weighted by molar-refractivity contribution is 7.89. The minimum absolute atomic E-state index is 0.0388. The van der Waals surface area contributed by atoms with Crippen molar-refractivity contribution in [2.45, 2.75) is 75.9 Å². The molecule has 0 radical (unpaired) electrons. The number of nitrogens with zero attached hydrogens (tertiary/aromatic N) is 2. The minimum Gasteiger partial charge on any atom is -0.393 e. The van der Waals surface area contributed by atoms with Crippen LogP contribution in [0, 0.1) is 23.7 Å². The zero-order valence-corrected chi connectivity index (χ0v) is 19.5. The van der Waals surface area contributed by atoms with Gasteiger partial charge in [0.2, 0.25) is 15.9 Å². The third kappa shape index (κ3) is 4.82. The van der Waals surface area contributed by atoms with Gasteiger partial charge in [0.05, 0.1) is 11.9 Å². The Morgan fingerprint density at radius 2 is 1.45 bits per heavy atom. The van der Waals surface area contributed by atoms with E-state index in [9.17, 15) is 18.3 Å². The summed E-state index contributed by atoms with van der Waals surface area (Å²) < 4.78 is 27.2. The zero-order chi connectivity index (χ0) is 21.6. The first-order chi connectivity index (χ1) is 14.8. The molecule has 4 saturated carbocycles. The van der Waals surface area contributed by atoms with E-state index in [0.29, 0.717) is 32.5 Å². The average molecular weight is 454 g/mol. The van der Waals surface area contributed by atoms with Gasteiger partial charge >= 0.3 is 0 Å². The van der Waals surface area contributed by atoms with Gasteiger partial charge in [-0.2, -0.15) is 0 Å². The summed E-state index contributed by atoms with van der Waals surface area (Å²) in [5.41, 5.74) is 0.0388. The molecule has 6 aliphatic rings. The van der Waals surface area contributed by atoms with E-state index < -0.39 is 10.0 Å². The summed E-state index contributed by atoms with van der Waals surface area (Å²) in [5.74, 6) is 2.67. The van der Waals surface area contributed by atoms with Crippen molar-refractivity contribution in [3.63, 3.8) is 0 Å². The van der Waals surface area contributed by atoms with Crippen LogP contribution in [0.5, 0.6) is 0 Å². The van der Waals surface area contributed by atoms with Crippen molar-refractivity contribution in [1.29, 1.82) is 0 Å². The molecule has 0 atom stereocenters. The molecule has 2 heterocycles. The van der Waals surface area contributed by atoms with E-state index in [-0.39, 0.29) is 29.2 Å². The van der Waals surface area contributed by atoms with Crippen molar-refractivity contribution in [2.75, 3.05) is 38.5 Å². The first-order valence-corrected chi connectivity index (χ1v) is 14.1. The molecule has 6 rings (SSSR count). The van der Waals surface area contributed by atoms with Crippen LogP contribution in [-0.4, -0.2) is 78.8 Å². The summed E-state index contributed by atoms with van der Waals surface area (Å²) in [6.07, 6.45) is 10.0. The van der Waals surface area contributed by atoms with E-state index in [1.165, 1.54) is 19.3 Å². The van der Waals surface area contributed by atoms with Crippen LogP contribution in [0.1, 0.15) is 64.2 Å². The van der Waals surface area contributed by atoms with Crippen molar-refractivity contribution in [3.8, 4) is 0 Å². The second-order valence-corrected chi connectivity index (χ2v) is 13.3. The van der Waals surface area contributed by atoms with Crippen molar-refractivity contribution in [1.82, 2.24) is 14.5 Å². The number of rotatable bonds is 6. The van der Waals surface area contributed by atoms with Gasteiger partial charge in [0.15, 0.2) is 0 Å². The summed E-state index contributed by atoms with van der Waals surface area (Å²) in [7, 11) is -3.29. The van der Waals surface area contributed by atoms with Crippen molar-refractivity contribution < 1.29 is 18.3 Å². The summed E-state index contributed by atoms with van der Waals surface area (Å²) in [4.78, 5) is 15.2. The minimum atomic E-state index is -3.29. The van der Waals surface area contributed by atoms with Gasteiger partial charge in [0.1, 0.15) is 0 Å². The lowest BCUT2D eigenvalue weighted by molar-refractivity contribution is -0.132. The summed E-state index contributed by atoms with van der Waals surface area (Å²) in [5, 5.41) is 13.1. The maximum absolute atomic E-state index is 13.1. The van der Waals surface area contributed by atoms with Crippen molar-refractivity contribution in [2.24, 2.45) is 23.7 Å². The molecule has 8 heteroatoms. The molecular formula is C23H39N3O4S. The number of hydrogen-bond donors (Lipinski definition) is 2. The van der Waals surface area contributed by atoms with Gasteiger partial charge in [-0.1, -0.05) is 0 Å². The van der Waals surface area contributed by atoms with Gasteiger partial charge in [0, 0.05) is 44.2 Å².